The molecule has 0 fully saturated rings. The SMILES string of the molecule is CC(C)(C)Cc1ccnc(-c2[c-]ccc3c2oc2c4cccnc4ccc32)c1.Cc1c[c-]c(-c2cc(C)c(C)cn2)cc1.[Ir]. The first-order valence-electron chi connectivity index (χ1n) is 14.6. The number of fused-ring (bicyclic) bond motifs is 5. The monoisotopic (exact) mass is 754 g/mol. The Bertz CT molecular complexity index is 2070. The van der Waals surface area contributed by atoms with Crippen LogP contribution in [0.1, 0.15) is 43.0 Å². The van der Waals surface area contributed by atoms with E-state index in [-0.39, 0.29) is 25.5 Å². The van der Waals surface area contributed by atoms with Gasteiger partial charge in [0.2, 0.25) is 0 Å². The van der Waals surface area contributed by atoms with E-state index < -0.39 is 0 Å². The van der Waals surface area contributed by atoms with Crippen LogP contribution in [0.2, 0.25) is 0 Å². The van der Waals surface area contributed by atoms with Crippen molar-refractivity contribution in [2.24, 2.45) is 5.41 Å². The van der Waals surface area contributed by atoms with Crippen molar-refractivity contribution in [3.63, 3.8) is 0 Å². The summed E-state index contributed by atoms with van der Waals surface area (Å²) in [4.78, 5) is 13.5. The van der Waals surface area contributed by atoms with Crippen LogP contribution in [-0.2, 0) is 26.5 Å². The molecule has 0 spiro atoms. The molecule has 4 nitrogen and oxygen atoms in total. The molecule has 3 aromatic carbocycles. The van der Waals surface area contributed by atoms with E-state index in [4.69, 9.17) is 4.42 Å². The first-order chi connectivity index (χ1) is 20.7. The summed E-state index contributed by atoms with van der Waals surface area (Å²) in [5, 5.41) is 3.20. The van der Waals surface area contributed by atoms with Crippen LogP contribution in [0.5, 0.6) is 0 Å². The van der Waals surface area contributed by atoms with Crippen LogP contribution in [0.4, 0.5) is 0 Å². The van der Waals surface area contributed by atoms with Gasteiger partial charge in [0.05, 0.1) is 11.1 Å². The van der Waals surface area contributed by atoms with E-state index in [1.165, 1.54) is 22.3 Å². The van der Waals surface area contributed by atoms with Crippen molar-refractivity contribution in [1.29, 1.82) is 0 Å². The second kappa shape index (κ2) is 12.8. The predicted octanol–water partition coefficient (Wildman–Crippen LogP) is 10.1. The molecular weight excluding hydrogens is 719 g/mol. The Morgan fingerprint density at radius 2 is 1.55 bits per heavy atom. The van der Waals surface area contributed by atoms with E-state index in [1.54, 1.807) is 6.20 Å². The van der Waals surface area contributed by atoms with Gasteiger partial charge in [0.15, 0.2) is 0 Å². The Labute approximate surface area is 273 Å². The number of furan rings is 1. The molecule has 4 aromatic heterocycles. The van der Waals surface area contributed by atoms with Gasteiger partial charge in [-0.05, 0) is 73.0 Å². The fourth-order valence-electron chi connectivity index (χ4n) is 5.31. The third-order valence-electron chi connectivity index (χ3n) is 7.61. The van der Waals surface area contributed by atoms with Crippen LogP contribution in [-0.4, -0.2) is 15.0 Å². The molecule has 0 saturated carbocycles. The molecule has 0 N–H and O–H groups in total. The van der Waals surface area contributed by atoms with E-state index >= 15 is 0 Å². The molecule has 44 heavy (non-hydrogen) atoms. The van der Waals surface area contributed by atoms with E-state index in [1.807, 2.05) is 36.7 Å². The summed E-state index contributed by atoms with van der Waals surface area (Å²) >= 11 is 0. The third kappa shape index (κ3) is 6.65. The molecule has 4 heterocycles. The summed E-state index contributed by atoms with van der Waals surface area (Å²) in [5.41, 5.74) is 11.7. The minimum atomic E-state index is 0. The first kappa shape index (κ1) is 31.3. The number of hydrogen-bond donors (Lipinski definition) is 0. The van der Waals surface area contributed by atoms with E-state index in [0.29, 0.717) is 0 Å². The maximum Gasteiger partial charge on any atom is 0.130 e. The summed E-state index contributed by atoms with van der Waals surface area (Å²) in [5.74, 6) is 0. The number of aryl methyl sites for hydroxylation is 3. The summed E-state index contributed by atoms with van der Waals surface area (Å²) in [7, 11) is 0. The van der Waals surface area contributed by atoms with Crippen molar-refractivity contribution in [2.45, 2.75) is 48.0 Å². The fourth-order valence-corrected chi connectivity index (χ4v) is 5.31. The van der Waals surface area contributed by atoms with Crippen LogP contribution >= 0.6 is 0 Å². The zero-order valence-electron chi connectivity index (χ0n) is 26.0. The minimum absolute atomic E-state index is 0. The molecule has 7 aromatic rings. The summed E-state index contributed by atoms with van der Waals surface area (Å²) in [6.07, 6.45) is 6.60. The molecule has 0 aliphatic rings. The number of rotatable bonds is 3. The quantitative estimate of drug-likeness (QED) is 0.169. The van der Waals surface area contributed by atoms with Gasteiger partial charge >= 0.3 is 0 Å². The van der Waals surface area contributed by atoms with Gasteiger partial charge in [-0.25, -0.2) is 0 Å². The van der Waals surface area contributed by atoms with Crippen molar-refractivity contribution < 1.29 is 24.5 Å². The van der Waals surface area contributed by atoms with Crippen LogP contribution in [0.15, 0.2) is 95.8 Å². The number of nitrogens with zero attached hydrogens (tertiary/aromatic N) is 3. The molecule has 223 valence electrons. The zero-order valence-corrected chi connectivity index (χ0v) is 28.3. The summed E-state index contributed by atoms with van der Waals surface area (Å²) in [6, 6.07) is 31.2. The molecule has 0 unspecified atom stereocenters. The molecule has 0 atom stereocenters. The number of benzene rings is 3. The normalized spacial score (nSPS) is 11.3. The smallest absolute Gasteiger partial charge is 0.130 e. The van der Waals surface area contributed by atoms with Crippen molar-refractivity contribution >= 4 is 32.8 Å². The Kier molecular flexibility index (Phi) is 9.10. The summed E-state index contributed by atoms with van der Waals surface area (Å²) < 4.78 is 6.38. The van der Waals surface area contributed by atoms with Gasteiger partial charge in [-0.3, -0.25) is 4.98 Å². The summed E-state index contributed by atoms with van der Waals surface area (Å²) in [6.45, 7) is 13.0. The van der Waals surface area contributed by atoms with Gasteiger partial charge in [0.25, 0.3) is 0 Å². The van der Waals surface area contributed by atoms with E-state index in [2.05, 4.69) is 117 Å². The Balaban J connectivity index is 0.000000204. The van der Waals surface area contributed by atoms with Crippen molar-refractivity contribution in [3.05, 3.63) is 126 Å². The van der Waals surface area contributed by atoms with Gasteiger partial charge in [0.1, 0.15) is 5.58 Å². The minimum Gasteiger partial charge on any atom is -0.500 e. The van der Waals surface area contributed by atoms with Crippen molar-refractivity contribution in [2.75, 3.05) is 0 Å². The Morgan fingerprint density at radius 1 is 0.727 bits per heavy atom. The molecule has 5 heteroatoms. The molecule has 7 rings (SSSR count). The van der Waals surface area contributed by atoms with Crippen LogP contribution < -0.4 is 0 Å². The fraction of sp³-hybridized carbons (Fsp3) is 0.205. The first-order valence-corrected chi connectivity index (χ1v) is 14.6. The predicted molar refractivity (Wildman–Crippen MR) is 177 cm³/mol. The zero-order chi connectivity index (χ0) is 30.1. The molecule has 0 aliphatic carbocycles. The van der Waals surface area contributed by atoms with Crippen LogP contribution in [0.3, 0.4) is 0 Å². The van der Waals surface area contributed by atoms with Crippen LogP contribution in [0.25, 0.3) is 55.4 Å². The number of hydrogen-bond acceptors (Lipinski definition) is 4. The Hall–Kier alpha value is -4.18. The Morgan fingerprint density at radius 3 is 2.30 bits per heavy atom. The average Bonchev–Trinajstić information content (AvgIpc) is 3.38. The maximum atomic E-state index is 6.38. The van der Waals surface area contributed by atoms with Gasteiger partial charge < -0.3 is 14.4 Å². The standard InChI is InChI=1S/C25H21N2O.C14H14N.Ir/c1-25(2,3)15-16-11-13-27-22(14-16)20-7-4-6-17-18-9-10-21-19(8-5-12-26-21)24(18)28-23(17)20;1-10-4-6-13(7-5-10)14-8-11(2)12(3)9-15-14;/h4-6,8-14H,15H2,1-3H3;4-6,8-9H,1-3H3;/q2*-1;. The molecule has 0 saturated heterocycles. The largest absolute Gasteiger partial charge is 0.500 e. The second-order valence-corrected chi connectivity index (χ2v) is 12.4. The molecule has 0 bridgehead atoms. The van der Waals surface area contributed by atoms with E-state index in [9.17, 15) is 0 Å². The molecule has 1 radical (unpaired) electrons. The van der Waals surface area contributed by atoms with Gasteiger partial charge in [-0.1, -0.05) is 61.9 Å². The second-order valence-electron chi connectivity index (χ2n) is 12.4. The van der Waals surface area contributed by atoms with Gasteiger partial charge in [0, 0.05) is 49.5 Å². The topological polar surface area (TPSA) is 51.8 Å². The van der Waals surface area contributed by atoms with Gasteiger partial charge in [-0.15, -0.1) is 53.6 Å². The molecule has 0 aliphatic heterocycles. The van der Waals surface area contributed by atoms with Gasteiger partial charge in [-0.2, -0.15) is 0 Å². The van der Waals surface area contributed by atoms with Crippen molar-refractivity contribution in [1.82, 2.24) is 15.0 Å². The maximum absolute atomic E-state index is 6.38. The van der Waals surface area contributed by atoms with Crippen LogP contribution in [0, 0.1) is 38.3 Å². The molecular formula is C39H35IrN3O-2. The van der Waals surface area contributed by atoms with Crippen molar-refractivity contribution in [3.8, 4) is 22.5 Å². The van der Waals surface area contributed by atoms with E-state index in [0.717, 1.165) is 61.8 Å². The molecule has 0 amide bonds. The number of pyridine rings is 3. The average molecular weight is 754 g/mol. The third-order valence-corrected chi connectivity index (χ3v) is 7.61. The number of aromatic nitrogens is 3.